The van der Waals surface area contributed by atoms with Gasteiger partial charge < -0.3 is 28.8 Å². The SMILES string of the molecule is COc1ccc2c(c1)c(/C=C1\Oc3cc(O)cc(O)c3C1=O)cn2CCn1ccnc1. The first-order valence-electron chi connectivity index (χ1n) is 9.66. The number of carbonyl (C=O) groups is 1. The normalized spacial score (nSPS) is 14.2. The molecule has 0 bridgehead atoms. The monoisotopic (exact) mass is 417 g/mol. The fourth-order valence-corrected chi connectivity index (χ4v) is 3.79. The van der Waals surface area contributed by atoms with Gasteiger partial charge in [0.15, 0.2) is 5.76 Å². The summed E-state index contributed by atoms with van der Waals surface area (Å²) in [7, 11) is 1.60. The number of imidazole rings is 1. The minimum Gasteiger partial charge on any atom is -0.508 e. The minimum atomic E-state index is -0.435. The van der Waals surface area contributed by atoms with E-state index < -0.39 is 5.78 Å². The lowest BCUT2D eigenvalue weighted by atomic mass is 10.1. The molecule has 0 unspecified atom stereocenters. The Labute approximate surface area is 177 Å². The number of allylic oxidation sites excluding steroid dienone is 1. The number of rotatable bonds is 5. The van der Waals surface area contributed by atoms with Gasteiger partial charge in [-0.05, 0) is 24.3 Å². The number of hydrogen-bond acceptors (Lipinski definition) is 6. The van der Waals surface area contributed by atoms with Crippen LogP contribution < -0.4 is 9.47 Å². The van der Waals surface area contributed by atoms with Crippen molar-refractivity contribution in [2.75, 3.05) is 7.11 Å². The molecule has 8 heteroatoms. The van der Waals surface area contributed by atoms with Crippen LogP contribution in [0.25, 0.3) is 17.0 Å². The Morgan fingerprint density at radius 2 is 2.06 bits per heavy atom. The summed E-state index contributed by atoms with van der Waals surface area (Å²) in [5.41, 5.74) is 1.81. The highest BCUT2D eigenvalue weighted by Crippen LogP contribution is 2.41. The molecule has 0 amide bonds. The van der Waals surface area contributed by atoms with Crippen LogP contribution in [0.2, 0.25) is 0 Å². The topological polar surface area (TPSA) is 98.7 Å². The highest BCUT2D eigenvalue weighted by atomic mass is 16.5. The third-order valence-corrected chi connectivity index (χ3v) is 5.30. The lowest BCUT2D eigenvalue weighted by Gasteiger charge is -2.06. The van der Waals surface area contributed by atoms with E-state index in [0.29, 0.717) is 12.3 Å². The average Bonchev–Trinajstić information content (AvgIpc) is 3.45. The van der Waals surface area contributed by atoms with E-state index in [4.69, 9.17) is 9.47 Å². The molecule has 0 radical (unpaired) electrons. The number of aryl methyl sites for hydroxylation is 2. The molecule has 0 aliphatic carbocycles. The van der Waals surface area contributed by atoms with Gasteiger partial charge in [0.05, 0.1) is 13.4 Å². The van der Waals surface area contributed by atoms with Gasteiger partial charge >= 0.3 is 0 Å². The van der Waals surface area contributed by atoms with Gasteiger partial charge in [0.25, 0.3) is 0 Å². The van der Waals surface area contributed by atoms with Gasteiger partial charge in [-0.25, -0.2) is 4.98 Å². The maximum Gasteiger partial charge on any atom is 0.235 e. The van der Waals surface area contributed by atoms with Crippen LogP contribution >= 0.6 is 0 Å². The predicted octanol–water partition coefficient (Wildman–Crippen LogP) is 3.57. The lowest BCUT2D eigenvalue weighted by Crippen LogP contribution is -2.04. The number of carbonyl (C=O) groups excluding carboxylic acids is 1. The molecule has 0 saturated carbocycles. The van der Waals surface area contributed by atoms with Gasteiger partial charge in [0, 0.05) is 60.3 Å². The smallest absolute Gasteiger partial charge is 0.235 e. The highest BCUT2D eigenvalue weighted by molar-refractivity contribution is 6.16. The Bertz CT molecular complexity index is 1340. The maximum atomic E-state index is 12.8. The van der Waals surface area contributed by atoms with Crippen molar-refractivity contribution in [2.24, 2.45) is 0 Å². The van der Waals surface area contributed by atoms with Crippen molar-refractivity contribution in [3.05, 3.63) is 72.1 Å². The highest BCUT2D eigenvalue weighted by Gasteiger charge is 2.31. The summed E-state index contributed by atoms with van der Waals surface area (Å²) in [6.45, 7) is 1.44. The van der Waals surface area contributed by atoms with Crippen molar-refractivity contribution in [3.8, 4) is 23.0 Å². The van der Waals surface area contributed by atoms with Crippen LogP contribution in [0.1, 0.15) is 15.9 Å². The van der Waals surface area contributed by atoms with Crippen molar-refractivity contribution in [1.29, 1.82) is 0 Å². The molecule has 0 fully saturated rings. The van der Waals surface area contributed by atoms with Crippen LogP contribution in [-0.4, -0.2) is 37.2 Å². The Morgan fingerprint density at radius 3 is 2.84 bits per heavy atom. The molecule has 5 rings (SSSR count). The molecule has 156 valence electrons. The third kappa shape index (κ3) is 3.28. The molecule has 2 aromatic heterocycles. The molecule has 0 spiro atoms. The number of phenols is 2. The molecule has 0 saturated heterocycles. The summed E-state index contributed by atoms with van der Waals surface area (Å²) in [6.07, 6.45) is 9.01. The molecule has 1 aliphatic rings. The van der Waals surface area contributed by atoms with Crippen molar-refractivity contribution >= 4 is 22.8 Å². The lowest BCUT2D eigenvalue weighted by molar-refractivity contribution is 0.101. The largest absolute Gasteiger partial charge is 0.508 e. The van der Waals surface area contributed by atoms with E-state index in [0.717, 1.165) is 29.1 Å². The van der Waals surface area contributed by atoms with Crippen molar-refractivity contribution in [2.45, 2.75) is 13.1 Å². The number of aromatic hydroxyl groups is 2. The van der Waals surface area contributed by atoms with Crippen molar-refractivity contribution < 1.29 is 24.5 Å². The van der Waals surface area contributed by atoms with Gasteiger partial charge in [-0.15, -0.1) is 0 Å². The number of hydrogen-bond donors (Lipinski definition) is 2. The predicted molar refractivity (Wildman–Crippen MR) is 113 cm³/mol. The molecule has 31 heavy (non-hydrogen) atoms. The van der Waals surface area contributed by atoms with Crippen molar-refractivity contribution in [3.63, 3.8) is 0 Å². The Morgan fingerprint density at radius 1 is 1.19 bits per heavy atom. The number of benzene rings is 2. The summed E-state index contributed by atoms with van der Waals surface area (Å²) >= 11 is 0. The fraction of sp³-hybridized carbons (Fsp3) is 0.130. The van der Waals surface area contributed by atoms with Crippen LogP contribution in [0.4, 0.5) is 0 Å². The van der Waals surface area contributed by atoms with Crippen LogP contribution in [0.15, 0.2) is 61.0 Å². The number of aromatic nitrogens is 3. The van der Waals surface area contributed by atoms with Crippen LogP contribution in [0.3, 0.4) is 0 Å². The summed E-state index contributed by atoms with van der Waals surface area (Å²) < 4.78 is 15.1. The zero-order valence-electron chi connectivity index (χ0n) is 16.6. The Balaban J connectivity index is 1.56. The van der Waals surface area contributed by atoms with E-state index in [1.54, 1.807) is 25.7 Å². The van der Waals surface area contributed by atoms with Crippen LogP contribution in [0, 0.1) is 0 Å². The Hall–Kier alpha value is -4.20. The quantitative estimate of drug-likeness (QED) is 0.482. The number of fused-ring (bicyclic) bond motifs is 2. The molecule has 1 aliphatic heterocycles. The minimum absolute atomic E-state index is 0.0467. The Kier molecular flexibility index (Phi) is 4.39. The first-order chi connectivity index (χ1) is 15.0. The summed E-state index contributed by atoms with van der Waals surface area (Å²) in [5.74, 6) is -0.0136. The number of ketones is 1. The zero-order chi connectivity index (χ0) is 21.5. The van der Waals surface area contributed by atoms with Gasteiger partial charge in [0.1, 0.15) is 28.6 Å². The molecular weight excluding hydrogens is 398 g/mol. The van der Waals surface area contributed by atoms with Crippen molar-refractivity contribution in [1.82, 2.24) is 14.1 Å². The van der Waals surface area contributed by atoms with E-state index in [1.165, 1.54) is 6.07 Å². The second-order valence-corrected chi connectivity index (χ2v) is 7.24. The van der Waals surface area contributed by atoms with E-state index in [2.05, 4.69) is 9.55 Å². The number of methoxy groups -OCH3 is 1. The average molecular weight is 417 g/mol. The van der Waals surface area contributed by atoms with Gasteiger partial charge in [-0.2, -0.15) is 0 Å². The summed E-state index contributed by atoms with van der Waals surface area (Å²) in [6, 6.07) is 8.20. The second-order valence-electron chi connectivity index (χ2n) is 7.24. The molecule has 2 N–H and O–H groups in total. The second kappa shape index (κ2) is 7.24. The first kappa shape index (κ1) is 18.8. The molecule has 0 atom stereocenters. The fourth-order valence-electron chi connectivity index (χ4n) is 3.79. The number of nitrogens with zero attached hydrogens (tertiary/aromatic N) is 3. The van der Waals surface area contributed by atoms with E-state index in [1.807, 2.05) is 35.2 Å². The molecule has 8 nitrogen and oxygen atoms in total. The summed E-state index contributed by atoms with van der Waals surface area (Å²) in [5, 5.41) is 20.6. The maximum absolute atomic E-state index is 12.8. The molecule has 4 aromatic rings. The van der Waals surface area contributed by atoms with E-state index in [9.17, 15) is 15.0 Å². The molecule has 2 aromatic carbocycles. The number of phenolic OH excluding ortho intramolecular Hbond substituents is 2. The zero-order valence-corrected chi connectivity index (χ0v) is 16.6. The van der Waals surface area contributed by atoms with E-state index >= 15 is 0 Å². The standard InChI is InChI=1S/C23H19N3O5/c1-30-16-2-3-18-17(11-16)14(12-26(18)7-6-25-5-4-24-13-25)8-21-23(29)22-19(28)9-15(27)10-20(22)31-21/h2-5,8-13,27-28H,6-7H2,1H3/b21-8-. The first-order valence-corrected chi connectivity index (χ1v) is 9.66. The summed E-state index contributed by atoms with van der Waals surface area (Å²) in [4.78, 5) is 16.9. The number of ether oxygens (including phenoxy) is 2. The molecule has 3 heterocycles. The van der Waals surface area contributed by atoms with Crippen LogP contribution in [0.5, 0.6) is 23.0 Å². The molecular formula is C23H19N3O5. The van der Waals surface area contributed by atoms with E-state index in [-0.39, 0.29) is 28.6 Å². The van der Waals surface area contributed by atoms with Gasteiger partial charge in [0.2, 0.25) is 5.78 Å². The van der Waals surface area contributed by atoms with Gasteiger partial charge in [-0.3, -0.25) is 4.79 Å². The van der Waals surface area contributed by atoms with Gasteiger partial charge in [-0.1, -0.05) is 0 Å². The van der Waals surface area contributed by atoms with Crippen LogP contribution in [-0.2, 0) is 13.1 Å². The number of Topliss-reactive ketones (excluding diaryl/α,β-unsaturated/α-hetero) is 1. The third-order valence-electron chi connectivity index (χ3n) is 5.30.